The monoisotopic (exact) mass is 240 g/mol. The van der Waals surface area contributed by atoms with Gasteiger partial charge in [0.1, 0.15) is 0 Å². The van der Waals surface area contributed by atoms with Crippen LogP contribution in [0.4, 0.5) is 0 Å². The van der Waals surface area contributed by atoms with Gasteiger partial charge >= 0.3 is 0 Å². The minimum absolute atomic E-state index is 0.107. The lowest BCUT2D eigenvalue weighted by Crippen LogP contribution is -2.53. The molecule has 0 amide bonds. The SMILES string of the molecule is CCC(CC)C(C)(C)[N]C(C)(C)C(CC)CC. The quantitative estimate of drug-likeness (QED) is 0.565. The first kappa shape index (κ1) is 17.0. The highest BCUT2D eigenvalue weighted by Crippen LogP contribution is 2.32. The van der Waals surface area contributed by atoms with Crippen LogP contribution < -0.4 is 5.32 Å². The van der Waals surface area contributed by atoms with Crippen molar-refractivity contribution in [1.82, 2.24) is 5.32 Å². The molecule has 0 unspecified atom stereocenters. The van der Waals surface area contributed by atoms with E-state index in [0.717, 1.165) is 0 Å². The smallest absolute Gasteiger partial charge is 0.0334 e. The third-order valence-corrected chi connectivity index (χ3v) is 4.55. The Balaban J connectivity index is 4.78. The first-order chi connectivity index (χ1) is 7.75. The van der Waals surface area contributed by atoms with Crippen molar-refractivity contribution >= 4 is 0 Å². The predicted octanol–water partition coefficient (Wildman–Crippen LogP) is 5.02. The number of hydrogen-bond donors (Lipinski definition) is 0. The summed E-state index contributed by atoms with van der Waals surface area (Å²) in [7, 11) is 0. The molecule has 0 saturated heterocycles. The van der Waals surface area contributed by atoms with E-state index < -0.39 is 0 Å². The van der Waals surface area contributed by atoms with Crippen molar-refractivity contribution in [1.29, 1.82) is 0 Å². The fourth-order valence-corrected chi connectivity index (χ4v) is 3.50. The fraction of sp³-hybridized carbons (Fsp3) is 1.00. The average molecular weight is 240 g/mol. The summed E-state index contributed by atoms with van der Waals surface area (Å²) in [6, 6.07) is 0. The second-order valence-corrected chi connectivity index (χ2v) is 6.45. The van der Waals surface area contributed by atoms with Gasteiger partial charge in [-0.1, -0.05) is 53.4 Å². The third-order valence-electron chi connectivity index (χ3n) is 4.55. The molecular weight excluding hydrogens is 206 g/mol. The van der Waals surface area contributed by atoms with E-state index in [2.05, 4.69) is 55.4 Å². The van der Waals surface area contributed by atoms with Crippen LogP contribution in [0.1, 0.15) is 81.1 Å². The van der Waals surface area contributed by atoms with Gasteiger partial charge < -0.3 is 0 Å². The molecule has 17 heavy (non-hydrogen) atoms. The number of hydrogen-bond acceptors (Lipinski definition) is 0. The molecule has 0 bridgehead atoms. The van der Waals surface area contributed by atoms with Crippen LogP contribution in [0, 0.1) is 11.8 Å². The van der Waals surface area contributed by atoms with Gasteiger partial charge in [-0.15, -0.1) is 0 Å². The largest absolute Gasteiger partial charge is 0.229 e. The Hall–Kier alpha value is -0.0400. The highest BCUT2D eigenvalue weighted by molar-refractivity contribution is 4.94. The molecule has 1 radical (unpaired) electrons. The molecule has 0 aliphatic heterocycles. The van der Waals surface area contributed by atoms with Gasteiger partial charge in [-0.2, -0.15) is 0 Å². The number of rotatable bonds is 8. The molecule has 0 N–H and O–H groups in total. The van der Waals surface area contributed by atoms with Crippen LogP contribution in [0.2, 0.25) is 0 Å². The van der Waals surface area contributed by atoms with Crippen molar-refractivity contribution in [3.05, 3.63) is 0 Å². The van der Waals surface area contributed by atoms with Gasteiger partial charge in [0.25, 0.3) is 0 Å². The topological polar surface area (TPSA) is 14.1 Å². The molecule has 0 aliphatic carbocycles. The Bertz CT molecular complexity index is 176. The van der Waals surface area contributed by atoms with Gasteiger partial charge in [0.15, 0.2) is 0 Å². The zero-order valence-corrected chi connectivity index (χ0v) is 13.4. The summed E-state index contributed by atoms with van der Waals surface area (Å²) < 4.78 is 0. The van der Waals surface area contributed by atoms with Gasteiger partial charge in [-0.25, -0.2) is 5.32 Å². The lowest BCUT2D eigenvalue weighted by atomic mass is 9.77. The minimum atomic E-state index is 0.107. The van der Waals surface area contributed by atoms with Crippen molar-refractivity contribution in [2.75, 3.05) is 0 Å². The van der Waals surface area contributed by atoms with Gasteiger partial charge in [0.2, 0.25) is 0 Å². The Morgan fingerprint density at radius 3 is 1.06 bits per heavy atom. The van der Waals surface area contributed by atoms with E-state index in [1.165, 1.54) is 25.7 Å². The second-order valence-electron chi connectivity index (χ2n) is 6.45. The molecule has 103 valence electrons. The first-order valence-corrected chi connectivity index (χ1v) is 7.49. The van der Waals surface area contributed by atoms with Gasteiger partial charge in [-0.3, -0.25) is 0 Å². The van der Waals surface area contributed by atoms with E-state index in [1.54, 1.807) is 0 Å². The maximum atomic E-state index is 5.22. The molecule has 0 rings (SSSR count). The molecule has 1 heteroatoms. The Morgan fingerprint density at radius 2 is 0.882 bits per heavy atom. The van der Waals surface area contributed by atoms with E-state index in [0.29, 0.717) is 11.8 Å². The summed E-state index contributed by atoms with van der Waals surface area (Å²) in [6.07, 6.45) is 4.91. The molecule has 0 aromatic carbocycles. The van der Waals surface area contributed by atoms with Crippen LogP contribution in [-0.4, -0.2) is 11.1 Å². The zero-order chi connectivity index (χ0) is 13.7. The predicted molar refractivity (Wildman–Crippen MR) is 78.4 cm³/mol. The molecule has 0 heterocycles. The second kappa shape index (κ2) is 6.78. The van der Waals surface area contributed by atoms with Crippen LogP contribution in [0.25, 0.3) is 0 Å². The standard InChI is InChI=1S/C16H34N/c1-9-13(10-2)15(5,6)17-16(7,8)14(11-3)12-4/h13-14H,9-12H2,1-8H3. The highest BCUT2D eigenvalue weighted by atomic mass is 15.0. The van der Waals surface area contributed by atoms with E-state index >= 15 is 0 Å². The summed E-state index contributed by atoms with van der Waals surface area (Å²) in [5.41, 5.74) is 0.213. The summed E-state index contributed by atoms with van der Waals surface area (Å²) >= 11 is 0. The van der Waals surface area contributed by atoms with Crippen LogP contribution in [0.15, 0.2) is 0 Å². The lowest BCUT2D eigenvalue weighted by molar-refractivity contribution is 0.124. The van der Waals surface area contributed by atoms with Crippen LogP contribution in [0.3, 0.4) is 0 Å². The molecule has 0 saturated carbocycles. The third kappa shape index (κ3) is 4.62. The summed E-state index contributed by atoms with van der Waals surface area (Å²) in [6.45, 7) is 18.4. The summed E-state index contributed by atoms with van der Waals surface area (Å²) in [4.78, 5) is 0. The van der Waals surface area contributed by atoms with E-state index in [1.807, 2.05) is 0 Å². The molecule has 1 nitrogen and oxygen atoms in total. The van der Waals surface area contributed by atoms with Gasteiger partial charge in [-0.05, 0) is 39.5 Å². The van der Waals surface area contributed by atoms with Crippen LogP contribution >= 0.6 is 0 Å². The fourth-order valence-electron chi connectivity index (χ4n) is 3.50. The molecule has 0 aromatic heterocycles. The van der Waals surface area contributed by atoms with Crippen molar-refractivity contribution in [2.24, 2.45) is 11.8 Å². The zero-order valence-electron chi connectivity index (χ0n) is 13.4. The van der Waals surface area contributed by atoms with E-state index in [9.17, 15) is 0 Å². The maximum absolute atomic E-state index is 5.22. The maximum Gasteiger partial charge on any atom is 0.0334 e. The Morgan fingerprint density at radius 1 is 0.647 bits per heavy atom. The summed E-state index contributed by atoms with van der Waals surface area (Å²) in [5, 5.41) is 5.22. The molecule has 0 atom stereocenters. The minimum Gasteiger partial charge on any atom is -0.229 e. The van der Waals surface area contributed by atoms with E-state index in [4.69, 9.17) is 5.32 Å². The molecule has 0 aliphatic rings. The molecule has 0 aromatic rings. The van der Waals surface area contributed by atoms with Crippen molar-refractivity contribution in [3.8, 4) is 0 Å². The molecule has 0 spiro atoms. The number of nitrogens with zero attached hydrogens (tertiary/aromatic N) is 1. The highest BCUT2D eigenvalue weighted by Gasteiger charge is 2.37. The molecule has 0 fully saturated rings. The summed E-state index contributed by atoms with van der Waals surface area (Å²) in [5.74, 6) is 1.41. The van der Waals surface area contributed by atoms with Crippen molar-refractivity contribution < 1.29 is 0 Å². The molecular formula is C16H34N. The van der Waals surface area contributed by atoms with Gasteiger partial charge in [0.05, 0.1) is 0 Å². The Labute approximate surface area is 110 Å². The van der Waals surface area contributed by atoms with Crippen molar-refractivity contribution in [3.63, 3.8) is 0 Å². The van der Waals surface area contributed by atoms with Gasteiger partial charge in [0, 0.05) is 11.1 Å². The van der Waals surface area contributed by atoms with Crippen molar-refractivity contribution in [2.45, 2.75) is 92.2 Å². The normalized spacial score (nSPS) is 13.8. The lowest BCUT2D eigenvalue weighted by Gasteiger charge is -2.43. The Kier molecular flexibility index (Phi) is 6.76. The average Bonchev–Trinajstić information content (AvgIpc) is 2.18. The first-order valence-electron chi connectivity index (χ1n) is 7.49. The van der Waals surface area contributed by atoms with Crippen LogP contribution in [-0.2, 0) is 0 Å². The van der Waals surface area contributed by atoms with Crippen LogP contribution in [0.5, 0.6) is 0 Å². The van der Waals surface area contributed by atoms with E-state index in [-0.39, 0.29) is 11.1 Å².